The second kappa shape index (κ2) is 8.81. The monoisotopic (exact) mass is 412 g/mol. The lowest BCUT2D eigenvalue weighted by molar-refractivity contribution is -0.122. The summed E-state index contributed by atoms with van der Waals surface area (Å²) in [4.78, 5) is 37.9. The number of carbonyl (C=O) groups excluding carboxylic acids is 2. The molecule has 142 valence electrons. The van der Waals surface area contributed by atoms with E-state index in [4.69, 9.17) is 12.2 Å². The zero-order valence-electron chi connectivity index (χ0n) is 14.6. The number of hydrogen-bond donors (Lipinski definition) is 2. The Morgan fingerprint density at radius 3 is 2.50 bits per heavy atom. The molecule has 2 aromatic carbocycles. The number of carbonyl (C=O) groups is 3. The van der Waals surface area contributed by atoms with Crippen LogP contribution in [0.2, 0.25) is 0 Å². The number of aromatic carboxylic acids is 1. The minimum absolute atomic E-state index is 0.000982. The molecule has 1 heterocycles. The topological polar surface area (TPSA) is 86.7 Å². The Morgan fingerprint density at radius 1 is 1.11 bits per heavy atom. The molecule has 0 bridgehead atoms. The van der Waals surface area contributed by atoms with Crippen LogP contribution in [0.25, 0.3) is 6.08 Å². The number of para-hydroxylation sites is 1. The van der Waals surface area contributed by atoms with Crippen molar-refractivity contribution in [1.82, 2.24) is 4.90 Å². The quantitative estimate of drug-likeness (QED) is 0.557. The lowest BCUT2D eigenvalue weighted by Gasteiger charge is -2.14. The predicted octanol–water partition coefficient (Wildman–Crippen LogP) is 3.61. The second-order valence-electron chi connectivity index (χ2n) is 5.89. The van der Waals surface area contributed by atoms with E-state index in [1.807, 2.05) is 30.3 Å². The van der Waals surface area contributed by atoms with E-state index in [-0.39, 0.29) is 30.1 Å². The minimum Gasteiger partial charge on any atom is -0.478 e. The van der Waals surface area contributed by atoms with Gasteiger partial charge < -0.3 is 10.4 Å². The number of rotatable bonds is 6. The summed E-state index contributed by atoms with van der Waals surface area (Å²) in [6, 6.07) is 15.6. The number of nitrogens with one attached hydrogen (secondary N) is 1. The summed E-state index contributed by atoms with van der Waals surface area (Å²) >= 11 is 6.46. The Bertz CT molecular complexity index is 973. The number of amides is 2. The van der Waals surface area contributed by atoms with Crippen LogP contribution < -0.4 is 5.32 Å². The number of anilines is 1. The third-order valence-electron chi connectivity index (χ3n) is 3.96. The largest absolute Gasteiger partial charge is 0.478 e. The van der Waals surface area contributed by atoms with Crippen molar-refractivity contribution in [1.29, 1.82) is 0 Å². The number of nitrogens with zero attached hydrogens (tertiary/aromatic N) is 1. The van der Waals surface area contributed by atoms with Gasteiger partial charge in [-0.3, -0.25) is 14.5 Å². The zero-order chi connectivity index (χ0) is 20.1. The fourth-order valence-corrected chi connectivity index (χ4v) is 3.91. The highest BCUT2D eigenvalue weighted by Crippen LogP contribution is 2.32. The van der Waals surface area contributed by atoms with Crippen molar-refractivity contribution in [2.75, 3.05) is 11.9 Å². The lowest BCUT2D eigenvalue weighted by atomic mass is 10.1. The summed E-state index contributed by atoms with van der Waals surface area (Å²) in [5, 5.41) is 11.7. The first-order chi connectivity index (χ1) is 13.5. The summed E-state index contributed by atoms with van der Waals surface area (Å²) in [7, 11) is 0. The van der Waals surface area contributed by atoms with Gasteiger partial charge in [0.2, 0.25) is 5.91 Å². The van der Waals surface area contributed by atoms with Crippen molar-refractivity contribution in [2.45, 2.75) is 6.42 Å². The Hall–Kier alpha value is -2.97. The van der Waals surface area contributed by atoms with E-state index in [0.29, 0.717) is 9.23 Å². The SMILES string of the molecule is O=C(CCN1C(=O)/C(=C/c2ccccc2)SC1=S)Nc1ccccc1C(=O)O. The molecule has 0 radical (unpaired) electrons. The van der Waals surface area contributed by atoms with Crippen LogP contribution in [0, 0.1) is 0 Å². The highest BCUT2D eigenvalue weighted by atomic mass is 32.2. The summed E-state index contributed by atoms with van der Waals surface area (Å²) in [5.41, 5.74) is 1.12. The van der Waals surface area contributed by atoms with Crippen LogP contribution in [0.15, 0.2) is 59.5 Å². The van der Waals surface area contributed by atoms with Gasteiger partial charge in [-0.1, -0.05) is 66.4 Å². The maximum Gasteiger partial charge on any atom is 0.337 e. The molecular weight excluding hydrogens is 396 g/mol. The molecular formula is C20H16N2O4S2. The van der Waals surface area contributed by atoms with Gasteiger partial charge in [-0.15, -0.1) is 0 Å². The van der Waals surface area contributed by atoms with E-state index in [2.05, 4.69) is 5.32 Å². The maximum absolute atomic E-state index is 12.6. The highest BCUT2D eigenvalue weighted by molar-refractivity contribution is 8.26. The Morgan fingerprint density at radius 2 is 1.79 bits per heavy atom. The van der Waals surface area contributed by atoms with Gasteiger partial charge in [0.25, 0.3) is 5.91 Å². The molecule has 1 saturated heterocycles. The van der Waals surface area contributed by atoms with Gasteiger partial charge in [-0.25, -0.2) is 4.79 Å². The van der Waals surface area contributed by atoms with Gasteiger partial charge in [0.1, 0.15) is 4.32 Å². The fraction of sp³-hybridized carbons (Fsp3) is 0.100. The molecule has 1 fully saturated rings. The van der Waals surface area contributed by atoms with E-state index in [1.165, 1.54) is 28.8 Å². The predicted molar refractivity (Wildman–Crippen MR) is 113 cm³/mol. The van der Waals surface area contributed by atoms with E-state index in [9.17, 15) is 19.5 Å². The smallest absolute Gasteiger partial charge is 0.337 e. The molecule has 1 aliphatic heterocycles. The molecule has 0 spiro atoms. The average Bonchev–Trinajstić information content (AvgIpc) is 2.94. The van der Waals surface area contributed by atoms with Gasteiger partial charge >= 0.3 is 5.97 Å². The molecule has 0 aromatic heterocycles. The number of carboxylic acids is 1. The summed E-state index contributed by atoms with van der Waals surface area (Å²) in [6.45, 7) is 0.123. The van der Waals surface area contributed by atoms with Crippen LogP contribution in [0.3, 0.4) is 0 Å². The first-order valence-electron chi connectivity index (χ1n) is 8.38. The number of benzene rings is 2. The molecule has 0 aliphatic carbocycles. The molecule has 0 unspecified atom stereocenters. The average molecular weight is 412 g/mol. The van der Waals surface area contributed by atoms with Gasteiger partial charge in [0.15, 0.2) is 0 Å². The maximum atomic E-state index is 12.6. The first kappa shape index (κ1) is 19.8. The van der Waals surface area contributed by atoms with Crippen LogP contribution in [-0.4, -0.2) is 38.7 Å². The van der Waals surface area contributed by atoms with Crippen molar-refractivity contribution in [2.24, 2.45) is 0 Å². The summed E-state index contributed by atoms with van der Waals surface area (Å²) in [5.74, 6) is -1.76. The third-order valence-corrected chi connectivity index (χ3v) is 5.34. The molecule has 0 atom stereocenters. The van der Waals surface area contributed by atoms with Crippen LogP contribution in [-0.2, 0) is 9.59 Å². The molecule has 0 saturated carbocycles. The summed E-state index contributed by atoms with van der Waals surface area (Å²) in [6.07, 6.45) is 1.77. The van der Waals surface area contributed by atoms with E-state index in [0.717, 1.165) is 5.56 Å². The molecule has 2 aromatic rings. The summed E-state index contributed by atoms with van der Waals surface area (Å²) < 4.78 is 0.394. The van der Waals surface area contributed by atoms with E-state index in [1.54, 1.807) is 18.2 Å². The number of carboxylic acid groups (broad SMARTS) is 1. The third kappa shape index (κ3) is 4.65. The molecule has 3 rings (SSSR count). The Kier molecular flexibility index (Phi) is 6.23. The Labute approximate surface area is 171 Å². The number of thiocarbonyl (C=S) groups is 1. The van der Waals surface area contributed by atoms with Crippen molar-refractivity contribution in [3.8, 4) is 0 Å². The number of thioether (sulfide) groups is 1. The second-order valence-corrected chi connectivity index (χ2v) is 7.57. The lowest BCUT2D eigenvalue weighted by Crippen LogP contribution is -2.31. The van der Waals surface area contributed by atoms with Crippen LogP contribution in [0.4, 0.5) is 5.69 Å². The molecule has 2 amide bonds. The Balaban J connectivity index is 1.62. The van der Waals surface area contributed by atoms with Crippen LogP contribution in [0.1, 0.15) is 22.3 Å². The fourth-order valence-electron chi connectivity index (χ4n) is 2.60. The standard InChI is InChI=1S/C20H16N2O4S2/c23-17(21-15-9-5-4-8-14(15)19(25)26)10-11-22-18(24)16(28-20(22)27)12-13-6-2-1-3-7-13/h1-9,12H,10-11H2,(H,21,23)(H,25,26)/b16-12-. The molecule has 2 N–H and O–H groups in total. The molecule has 28 heavy (non-hydrogen) atoms. The normalized spacial score (nSPS) is 15.1. The molecule has 8 heteroatoms. The van der Waals surface area contributed by atoms with E-state index < -0.39 is 11.9 Å². The highest BCUT2D eigenvalue weighted by Gasteiger charge is 2.32. The van der Waals surface area contributed by atoms with Gasteiger partial charge in [0.05, 0.1) is 16.2 Å². The van der Waals surface area contributed by atoms with Gasteiger partial charge in [-0.05, 0) is 23.8 Å². The van der Waals surface area contributed by atoms with Crippen molar-refractivity contribution in [3.63, 3.8) is 0 Å². The van der Waals surface area contributed by atoms with Gasteiger partial charge in [-0.2, -0.15) is 0 Å². The van der Waals surface area contributed by atoms with Gasteiger partial charge in [0, 0.05) is 13.0 Å². The van der Waals surface area contributed by atoms with Crippen molar-refractivity contribution in [3.05, 3.63) is 70.6 Å². The van der Waals surface area contributed by atoms with Crippen molar-refractivity contribution < 1.29 is 19.5 Å². The van der Waals surface area contributed by atoms with Crippen LogP contribution in [0.5, 0.6) is 0 Å². The number of hydrogen-bond acceptors (Lipinski definition) is 5. The van der Waals surface area contributed by atoms with Crippen LogP contribution >= 0.6 is 24.0 Å². The van der Waals surface area contributed by atoms with Crippen molar-refractivity contribution >= 4 is 57.8 Å². The molecule has 1 aliphatic rings. The van der Waals surface area contributed by atoms with E-state index >= 15 is 0 Å². The first-order valence-corrected chi connectivity index (χ1v) is 9.61. The minimum atomic E-state index is -1.13. The zero-order valence-corrected chi connectivity index (χ0v) is 16.3. The molecule has 6 nitrogen and oxygen atoms in total.